The van der Waals surface area contributed by atoms with Gasteiger partial charge in [0.1, 0.15) is 0 Å². The van der Waals surface area contributed by atoms with Crippen molar-refractivity contribution in [2.45, 2.75) is 6.92 Å². The summed E-state index contributed by atoms with van der Waals surface area (Å²) in [5.74, 6) is -0.384. The Balaban J connectivity index is 2.24. The van der Waals surface area contributed by atoms with Gasteiger partial charge in [-0.05, 0) is 40.5 Å². The van der Waals surface area contributed by atoms with E-state index in [9.17, 15) is 9.59 Å². The summed E-state index contributed by atoms with van der Waals surface area (Å²) < 4.78 is 4.96. The zero-order chi connectivity index (χ0) is 17.6. The van der Waals surface area contributed by atoms with Crippen LogP contribution in [0.2, 0.25) is 0 Å². The quantitative estimate of drug-likeness (QED) is 0.380. The van der Waals surface area contributed by atoms with E-state index in [1.54, 1.807) is 19.1 Å². The number of hydrogen-bond donors (Lipinski definition) is 0. The summed E-state index contributed by atoms with van der Waals surface area (Å²) >= 11 is 0. The molecule has 3 heteroatoms. The maximum Gasteiger partial charge on any atom is 0.330 e. The molecule has 3 aromatic rings. The molecule has 0 atom stereocenters. The van der Waals surface area contributed by atoms with Crippen LogP contribution < -0.4 is 0 Å². The molecular formula is C22H18O3. The van der Waals surface area contributed by atoms with Crippen molar-refractivity contribution < 1.29 is 14.3 Å². The van der Waals surface area contributed by atoms with Gasteiger partial charge in [-0.3, -0.25) is 4.79 Å². The first-order valence-electron chi connectivity index (χ1n) is 8.15. The molecule has 0 radical (unpaired) electrons. The summed E-state index contributed by atoms with van der Waals surface area (Å²) in [6, 6.07) is 19.4. The molecule has 0 saturated heterocycles. The Kier molecular flexibility index (Phi) is 5.05. The molecule has 25 heavy (non-hydrogen) atoms. The number of aldehydes is 1. The molecule has 0 aromatic heterocycles. The lowest BCUT2D eigenvalue weighted by Gasteiger charge is -2.13. The van der Waals surface area contributed by atoms with Crippen molar-refractivity contribution in [3.63, 3.8) is 0 Å². The monoisotopic (exact) mass is 330 g/mol. The Bertz CT molecular complexity index is 954. The Morgan fingerprint density at radius 3 is 2.52 bits per heavy atom. The van der Waals surface area contributed by atoms with E-state index in [1.165, 1.54) is 6.08 Å². The van der Waals surface area contributed by atoms with Crippen LogP contribution in [0.4, 0.5) is 0 Å². The van der Waals surface area contributed by atoms with Crippen LogP contribution in [0.3, 0.4) is 0 Å². The van der Waals surface area contributed by atoms with Gasteiger partial charge in [0.25, 0.3) is 0 Å². The second-order valence-corrected chi connectivity index (χ2v) is 5.54. The number of fused-ring (bicyclic) bond motifs is 1. The van der Waals surface area contributed by atoms with Gasteiger partial charge in [-0.15, -0.1) is 0 Å². The molecular weight excluding hydrogens is 312 g/mol. The summed E-state index contributed by atoms with van der Waals surface area (Å²) in [4.78, 5) is 23.2. The molecule has 3 nitrogen and oxygen atoms in total. The van der Waals surface area contributed by atoms with Crippen LogP contribution in [0.15, 0.2) is 66.7 Å². The number of carbonyl (C=O) groups excluding carboxylic acids is 2. The van der Waals surface area contributed by atoms with Crippen molar-refractivity contribution in [2.75, 3.05) is 6.61 Å². The summed E-state index contributed by atoms with van der Waals surface area (Å²) in [6.07, 6.45) is 4.01. The van der Waals surface area contributed by atoms with Gasteiger partial charge in [-0.2, -0.15) is 0 Å². The normalized spacial score (nSPS) is 10.9. The molecule has 0 aliphatic carbocycles. The van der Waals surface area contributed by atoms with Gasteiger partial charge < -0.3 is 4.74 Å². The zero-order valence-electron chi connectivity index (χ0n) is 13.9. The fraction of sp³-hybridized carbons (Fsp3) is 0.0909. The lowest BCUT2D eigenvalue weighted by atomic mass is 9.90. The van der Waals surface area contributed by atoms with E-state index in [0.29, 0.717) is 12.2 Å². The lowest BCUT2D eigenvalue weighted by Crippen LogP contribution is -1.99. The topological polar surface area (TPSA) is 43.4 Å². The van der Waals surface area contributed by atoms with Crippen molar-refractivity contribution in [2.24, 2.45) is 0 Å². The van der Waals surface area contributed by atoms with Gasteiger partial charge in [-0.25, -0.2) is 4.79 Å². The average Bonchev–Trinajstić information content (AvgIpc) is 2.66. The Morgan fingerprint density at radius 1 is 0.960 bits per heavy atom. The highest BCUT2D eigenvalue weighted by molar-refractivity contribution is 6.05. The fourth-order valence-electron chi connectivity index (χ4n) is 2.90. The first-order chi connectivity index (χ1) is 12.2. The van der Waals surface area contributed by atoms with Crippen LogP contribution >= 0.6 is 0 Å². The van der Waals surface area contributed by atoms with E-state index in [1.807, 2.05) is 54.6 Å². The lowest BCUT2D eigenvalue weighted by molar-refractivity contribution is -0.137. The third kappa shape index (κ3) is 3.50. The third-order valence-electron chi connectivity index (χ3n) is 4.00. The first kappa shape index (κ1) is 16.7. The van der Waals surface area contributed by atoms with Gasteiger partial charge >= 0.3 is 5.97 Å². The molecule has 0 unspecified atom stereocenters. The number of carbonyl (C=O) groups is 2. The van der Waals surface area contributed by atoms with Crippen LogP contribution in [-0.4, -0.2) is 18.9 Å². The van der Waals surface area contributed by atoms with Crippen LogP contribution in [0.25, 0.3) is 28.0 Å². The summed E-state index contributed by atoms with van der Waals surface area (Å²) in [6.45, 7) is 2.11. The molecule has 124 valence electrons. The Labute approximate surface area is 146 Å². The highest BCUT2D eigenvalue weighted by Crippen LogP contribution is 2.34. The molecule has 0 aliphatic heterocycles. The minimum absolute atomic E-state index is 0.335. The predicted molar refractivity (Wildman–Crippen MR) is 100 cm³/mol. The Morgan fingerprint density at radius 2 is 1.72 bits per heavy atom. The first-order valence-corrected chi connectivity index (χ1v) is 8.15. The second kappa shape index (κ2) is 7.58. The molecule has 0 saturated carbocycles. The highest BCUT2D eigenvalue weighted by Gasteiger charge is 2.12. The fourth-order valence-corrected chi connectivity index (χ4v) is 2.90. The molecule has 0 spiro atoms. The number of ether oxygens (including phenoxy) is 1. The van der Waals surface area contributed by atoms with Crippen LogP contribution in [0, 0.1) is 0 Å². The summed E-state index contributed by atoms with van der Waals surface area (Å²) in [5.41, 5.74) is 3.25. The third-order valence-corrected chi connectivity index (χ3v) is 4.00. The molecule has 0 amide bonds. The van der Waals surface area contributed by atoms with Crippen molar-refractivity contribution in [3.05, 3.63) is 77.9 Å². The van der Waals surface area contributed by atoms with Gasteiger partial charge in [0.05, 0.1) is 6.61 Å². The number of benzene rings is 3. The van der Waals surface area contributed by atoms with Gasteiger partial charge in [-0.1, -0.05) is 60.7 Å². The number of esters is 1. The van der Waals surface area contributed by atoms with Crippen LogP contribution in [-0.2, 0) is 9.53 Å². The van der Waals surface area contributed by atoms with E-state index in [4.69, 9.17) is 4.74 Å². The van der Waals surface area contributed by atoms with Gasteiger partial charge in [0, 0.05) is 11.6 Å². The van der Waals surface area contributed by atoms with Crippen LogP contribution in [0.5, 0.6) is 0 Å². The maximum atomic E-state index is 11.7. The van der Waals surface area contributed by atoms with E-state index in [0.717, 1.165) is 33.7 Å². The molecule has 0 aliphatic rings. The van der Waals surface area contributed by atoms with Crippen molar-refractivity contribution >= 4 is 29.1 Å². The average molecular weight is 330 g/mol. The molecule has 0 heterocycles. The predicted octanol–water partition coefficient (Wildman–Crippen LogP) is 4.90. The smallest absolute Gasteiger partial charge is 0.330 e. The Hall–Kier alpha value is -3.20. The van der Waals surface area contributed by atoms with Gasteiger partial charge in [0.2, 0.25) is 0 Å². The molecule has 0 fully saturated rings. The largest absolute Gasteiger partial charge is 0.463 e. The zero-order valence-corrected chi connectivity index (χ0v) is 13.9. The number of hydrogen-bond acceptors (Lipinski definition) is 3. The maximum absolute atomic E-state index is 11.7. The highest BCUT2D eigenvalue weighted by atomic mass is 16.5. The minimum Gasteiger partial charge on any atom is -0.463 e. The van der Waals surface area contributed by atoms with E-state index < -0.39 is 0 Å². The van der Waals surface area contributed by atoms with Crippen molar-refractivity contribution in [1.82, 2.24) is 0 Å². The molecule has 0 bridgehead atoms. The minimum atomic E-state index is -0.384. The number of rotatable bonds is 5. The standard InChI is InChI=1S/C22H18O3/c1-2-25-21(24)14-13-17-12-11-16-7-3-5-9-19(16)22(17)20-10-6-4-8-18(20)15-23/h3-15H,2H2,1H3/b14-13+. The molecule has 3 aromatic carbocycles. The van der Waals surface area contributed by atoms with E-state index >= 15 is 0 Å². The summed E-state index contributed by atoms with van der Waals surface area (Å²) in [5, 5.41) is 2.11. The van der Waals surface area contributed by atoms with E-state index in [-0.39, 0.29) is 5.97 Å². The van der Waals surface area contributed by atoms with Gasteiger partial charge in [0.15, 0.2) is 6.29 Å². The van der Waals surface area contributed by atoms with E-state index in [2.05, 4.69) is 0 Å². The summed E-state index contributed by atoms with van der Waals surface area (Å²) in [7, 11) is 0. The van der Waals surface area contributed by atoms with Crippen molar-refractivity contribution in [1.29, 1.82) is 0 Å². The second-order valence-electron chi connectivity index (χ2n) is 5.54. The molecule has 3 rings (SSSR count). The SMILES string of the molecule is CCOC(=O)/C=C/c1ccc2ccccc2c1-c1ccccc1C=O. The van der Waals surface area contributed by atoms with Crippen LogP contribution in [0.1, 0.15) is 22.8 Å². The van der Waals surface area contributed by atoms with Crippen molar-refractivity contribution in [3.8, 4) is 11.1 Å². The molecule has 0 N–H and O–H groups in total.